The highest BCUT2D eigenvalue weighted by molar-refractivity contribution is 6.21. The van der Waals surface area contributed by atoms with Crippen LogP contribution in [0.4, 0.5) is 51.2 Å². The Labute approximate surface area is 752 Å². The number of rotatable bonds is 19. The molecule has 127 heavy (non-hydrogen) atoms. The first-order chi connectivity index (χ1) is 62.9. The lowest BCUT2D eigenvalue weighted by molar-refractivity contribution is 0.461. The average molecular weight is 1670 g/mol. The van der Waals surface area contributed by atoms with Crippen molar-refractivity contribution in [1.29, 1.82) is 0 Å². The van der Waals surface area contributed by atoms with Crippen LogP contribution in [-0.4, -0.2) is 57.2 Å². The van der Waals surface area contributed by atoms with Crippen molar-refractivity contribution in [2.75, 3.05) is 14.7 Å². The molecule has 4 aromatic heterocycles. The van der Waals surface area contributed by atoms with Crippen LogP contribution in [0, 0.1) is 6.92 Å². The van der Waals surface area contributed by atoms with Gasteiger partial charge in [0.1, 0.15) is 22.5 Å². The summed E-state index contributed by atoms with van der Waals surface area (Å²) in [6, 6.07) is 162. The fourth-order valence-corrected chi connectivity index (χ4v) is 17.0. The predicted octanol–water partition coefficient (Wildman–Crippen LogP) is 29.2. The first-order valence-corrected chi connectivity index (χ1v) is 43.6. The van der Waals surface area contributed by atoms with Crippen LogP contribution in [0.2, 0.25) is 0 Å². The average Bonchev–Trinajstić information content (AvgIpc) is 1.58. The van der Waals surface area contributed by atoms with Crippen LogP contribution in [0.5, 0.6) is 17.2 Å². The number of anilines is 9. The van der Waals surface area contributed by atoms with E-state index < -0.39 is 15.9 Å². The van der Waals surface area contributed by atoms with E-state index in [-0.39, 0.29) is 0 Å². The number of benzene rings is 18. The summed E-state index contributed by atoms with van der Waals surface area (Å²) in [5, 5.41) is 18.1. The molecule has 0 aliphatic rings. The highest BCUT2D eigenvalue weighted by atomic mass is 27.2. The van der Waals surface area contributed by atoms with Crippen LogP contribution < -0.4 is 26.1 Å². The second-order valence-corrected chi connectivity index (χ2v) is 31.2. The van der Waals surface area contributed by atoms with Gasteiger partial charge < -0.3 is 35.0 Å². The van der Waals surface area contributed by atoms with E-state index in [4.69, 9.17) is 15.8 Å². The number of para-hydroxylation sites is 7. The second kappa shape index (κ2) is 38.3. The number of hydrogen-bond donors (Lipinski definition) is 0. The number of aromatic nitrogens is 5. The van der Waals surface area contributed by atoms with Gasteiger partial charge in [-0.1, -0.05) is 285 Å². The molecule has 0 saturated carbocycles. The Morgan fingerprint density at radius 1 is 0.283 bits per heavy atom. The Morgan fingerprint density at radius 3 is 1.16 bits per heavy atom. The molecule has 0 aliphatic carbocycles. The molecule has 0 aliphatic heterocycles. The van der Waals surface area contributed by atoms with Gasteiger partial charge in [0.15, 0.2) is 0 Å². The van der Waals surface area contributed by atoms with E-state index in [0.29, 0.717) is 11.8 Å². The lowest BCUT2D eigenvalue weighted by atomic mass is 10.0. The molecule has 0 unspecified atom stereocenters. The van der Waals surface area contributed by atoms with E-state index in [1.165, 1.54) is 82.2 Å². The molecule has 4 heterocycles. The molecule has 0 fully saturated rings. The number of pyridine rings is 2. The minimum absolute atomic E-state index is 0.493. The molecule has 18 aromatic carbocycles. The third kappa shape index (κ3) is 18.0. The third-order valence-corrected chi connectivity index (χ3v) is 23.3. The number of nitrogens with zero attached hydrogens (tertiary/aromatic N) is 8. The van der Waals surface area contributed by atoms with Crippen molar-refractivity contribution in [2.45, 2.75) is 6.92 Å². The molecule has 22 rings (SSSR count). The number of hydrogen-bond acceptors (Lipinski definition) is 11. The maximum absolute atomic E-state index is 6.00. The maximum Gasteiger partial charge on any atom is 0.881 e. The minimum Gasteiger partial charge on any atom is -0.649 e. The van der Waals surface area contributed by atoms with Gasteiger partial charge in [-0.3, -0.25) is 4.98 Å². The lowest BCUT2D eigenvalue weighted by Gasteiger charge is -2.27. The Hall–Kier alpha value is -15.9. The standard InChI is InChI=1S/C44H32N2.C38H26N4O.C12H10O.C10H9NO.C9H7NO.2Al.H/c1-3-17-37(18-4-1)45(43-23-11-15-35-13-7-9-21-41(35)43)39-29-25-33(26-30-39)34-27-31-40(32-28-34)46(38-19-5-2-6-20-38)44-24-12-16-36-14-8-10-22-42(36)44;1-3-11-27(12-4-1)37-39-40-38(43-37)28-19-21-30(22-20-28)41(29-13-5-2-6-14-29)31-23-25-32(26-24-31)42-35-17-9-7-15-33(35)34-16-8-10-18-36(34)42;13-12-8-6-11(7-9-12)10-4-2-1-3-5-10;1-7-5-6-8-3-2-4-9(12)10(8)11-7;11-8-5-1-3-7-4-2-6-10-9(7)8;;;/h1-32H;1-26H;1-9,13H;2-6,12H,1H3;1-6,11H;;;/q;;;;;+1;+2;/p-3. The van der Waals surface area contributed by atoms with Crippen molar-refractivity contribution in [3.63, 3.8) is 0 Å². The van der Waals surface area contributed by atoms with E-state index in [0.717, 1.165) is 113 Å². The van der Waals surface area contributed by atoms with Crippen LogP contribution in [0.25, 0.3) is 116 Å². The Morgan fingerprint density at radius 2 is 0.646 bits per heavy atom. The van der Waals surface area contributed by atoms with Gasteiger partial charge in [-0.2, -0.15) is 0 Å². The summed E-state index contributed by atoms with van der Waals surface area (Å²) in [4.78, 5) is 15.8. The summed E-state index contributed by atoms with van der Waals surface area (Å²) < 4.78 is 25.2. The molecule has 0 saturated heterocycles. The summed E-state index contributed by atoms with van der Waals surface area (Å²) in [6.07, 6.45) is 1.77. The second-order valence-electron chi connectivity index (χ2n) is 30.3. The van der Waals surface area contributed by atoms with Gasteiger partial charge >= 0.3 is 32.5 Å². The molecule has 0 spiro atoms. The van der Waals surface area contributed by atoms with Gasteiger partial charge in [0.05, 0.1) is 28.2 Å². The first-order valence-electron chi connectivity index (χ1n) is 42.1. The smallest absolute Gasteiger partial charge is 0.649 e. The van der Waals surface area contributed by atoms with Crippen molar-refractivity contribution in [3.05, 3.63) is 479 Å². The minimum atomic E-state index is -0.665. The molecule has 22 aromatic rings. The summed E-state index contributed by atoms with van der Waals surface area (Å²) in [7, 11) is 0. The SMILES string of the molecule is Cc1ccc2cccc([O][Al][O]c3ccc(-c4ccccc4)cc3)c2n1.[AlH][O]c1cccc2cccnc12.c1ccc(-c2nnc(-c3ccc(N(c4ccccc4)c4ccc(-n5c6ccccc6c6ccccc65)cc4)cc3)o2)cc1.c1ccc(N(c2ccc(-c3ccc(N(c4ccccc4)c4cccc5ccccc45)cc3)cc2)c2cccc3ccccc23)cc1. The van der Waals surface area contributed by atoms with Crippen molar-refractivity contribution in [1.82, 2.24) is 24.7 Å². The Balaban J connectivity index is 0.000000120. The molecule has 12 nitrogen and oxygen atoms in total. The highest BCUT2D eigenvalue weighted by Gasteiger charge is 2.22. The van der Waals surface area contributed by atoms with E-state index in [9.17, 15) is 0 Å². The van der Waals surface area contributed by atoms with Crippen molar-refractivity contribution < 1.29 is 15.8 Å². The molecular weight excluding hydrogens is 1590 g/mol. The fourth-order valence-electron chi connectivity index (χ4n) is 16.2. The predicted molar refractivity (Wildman–Crippen MR) is 525 cm³/mol. The van der Waals surface area contributed by atoms with Crippen molar-refractivity contribution >= 4 is 149 Å². The van der Waals surface area contributed by atoms with Crippen LogP contribution in [0.3, 0.4) is 0 Å². The van der Waals surface area contributed by atoms with E-state index in [2.05, 4.69) is 373 Å². The van der Waals surface area contributed by atoms with Gasteiger partial charge in [-0.15, -0.1) is 10.2 Å². The summed E-state index contributed by atoms with van der Waals surface area (Å²) in [5.74, 6) is 3.42. The van der Waals surface area contributed by atoms with Crippen molar-refractivity contribution in [3.8, 4) is 68.1 Å². The number of aryl methyl sites for hydroxylation is 1. The Kier molecular flexibility index (Phi) is 24.3. The normalized spacial score (nSPS) is 10.9. The summed E-state index contributed by atoms with van der Waals surface area (Å²) in [6.45, 7) is 1.98. The Bertz CT molecular complexity index is 7240. The molecule has 0 N–H and O–H groups in total. The van der Waals surface area contributed by atoms with Gasteiger partial charge in [0, 0.05) is 101 Å². The summed E-state index contributed by atoms with van der Waals surface area (Å²) >= 11 is 0.801. The van der Waals surface area contributed by atoms with Gasteiger partial charge in [-0.25, -0.2) is 4.98 Å². The summed E-state index contributed by atoms with van der Waals surface area (Å²) in [5.41, 5.74) is 22.8. The molecular formula is C113H82Al2N8O4. The van der Waals surface area contributed by atoms with Crippen LogP contribution in [-0.2, 0) is 0 Å². The maximum atomic E-state index is 6.00. The zero-order valence-corrected chi connectivity index (χ0v) is 72.1. The van der Waals surface area contributed by atoms with Crippen LogP contribution >= 0.6 is 0 Å². The fraction of sp³-hybridized carbons (Fsp3) is 0.00885. The molecule has 0 bridgehead atoms. The largest absolute Gasteiger partial charge is 0.881 e. The van der Waals surface area contributed by atoms with Gasteiger partial charge in [0.2, 0.25) is 11.8 Å². The van der Waals surface area contributed by atoms with Crippen LogP contribution in [0.1, 0.15) is 5.69 Å². The first kappa shape index (κ1) is 80.8. The zero-order valence-electron chi connectivity index (χ0n) is 69.5. The molecule has 0 amide bonds. The lowest BCUT2D eigenvalue weighted by Crippen LogP contribution is -2.11. The van der Waals surface area contributed by atoms with Gasteiger partial charge in [0.25, 0.3) is 0 Å². The molecule has 2 radical (unpaired) electrons. The molecule has 0 atom stereocenters. The van der Waals surface area contributed by atoms with E-state index >= 15 is 0 Å². The number of fused-ring (bicyclic) bond motifs is 7. The van der Waals surface area contributed by atoms with E-state index in [1.54, 1.807) is 6.20 Å². The topological polar surface area (TPSA) is 107 Å². The quantitative estimate of drug-likeness (QED) is 0.0722. The van der Waals surface area contributed by atoms with Gasteiger partial charge in [-0.05, 0) is 222 Å². The van der Waals surface area contributed by atoms with E-state index in [1.807, 2.05) is 140 Å². The monoisotopic (exact) mass is 1670 g/mol. The highest BCUT2D eigenvalue weighted by Crippen LogP contribution is 2.44. The molecule has 604 valence electrons. The zero-order chi connectivity index (χ0) is 85.5. The third-order valence-electron chi connectivity index (χ3n) is 22.3. The van der Waals surface area contributed by atoms with Crippen molar-refractivity contribution in [2.24, 2.45) is 0 Å². The molecule has 14 heteroatoms. The van der Waals surface area contributed by atoms with Crippen LogP contribution in [0.15, 0.2) is 478 Å².